The summed E-state index contributed by atoms with van der Waals surface area (Å²) in [4.78, 5) is 8.61. The average Bonchev–Trinajstić information content (AvgIpc) is 2.71. The van der Waals surface area contributed by atoms with E-state index in [2.05, 4.69) is 25.5 Å². The molecule has 0 bridgehead atoms. The zero-order valence-electron chi connectivity index (χ0n) is 9.43. The molecule has 1 saturated heterocycles. The van der Waals surface area contributed by atoms with Crippen LogP contribution < -0.4 is 10.1 Å². The van der Waals surface area contributed by atoms with E-state index in [1.807, 2.05) is 6.92 Å². The smallest absolute Gasteiger partial charge is 0.230 e. The highest BCUT2D eigenvalue weighted by atomic mass is 16.6. The molecule has 2 aromatic rings. The van der Waals surface area contributed by atoms with Crippen LogP contribution in [-0.2, 0) is 4.74 Å². The van der Waals surface area contributed by atoms with Crippen LogP contribution in [0.2, 0.25) is 0 Å². The number of aromatic nitrogens is 4. The van der Waals surface area contributed by atoms with E-state index in [-0.39, 0.29) is 6.10 Å². The topological polar surface area (TPSA) is 85.0 Å². The third-order valence-corrected chi connectivity index (χ3v) is 2.50. The minimum atomic E-state index is 0.0810. The van der Waals surface area contributed by atoms with Gasteiger partial charge < -0.3 is 14.8 Å². The number of hydrogen-bond acceptors (Lipinski definition) is 6. The second-order valence-corrected chi connectivity index (χ2v) is 3.79. The van der Waals surface area contributed by atoms with Gasteiger partial charge in [0.25, 0.3) is 0 Å². The Morgan fingerprint density at radius 2 is 2.41 bits per heavy atom. The molecule has 1 fully saturated rings. The fourth-order valence-electron chi connectivity index (χ4n) is 1.58. The number of nitrogens with one attached hydrogen (secondary N) is 2. The van der Waals surface area contributed by atoms with Crippen molar-refractivity contribution in [1.29, 1.82) is 0 Å². The highest BCUT2D eigenvalue weighted by Crippen LogP contribution is 2.24. The first-order valence-corrected chi connectivity index (χ1v) is 5.56. The monoisotopic (exact) mass is 235 g/mol. The molecule has 17 heavy (non-hydrogen) atoms. The summed E-state index contributed by atoms with van der Waals surface area (Å²) in [6, 6.07) is 0. The molecule has 7 nitrogen and oxygen atoms in total. The van der Waals surface area contributed by atoms with Crippen LogP contribution in [0.1, 0.15) is 6.92 Å². The minimum absolute atomic E-state index is 0.0810. The molecular formula is C10H13N5O2. The summed E-state index contributed by atoms with van der Waals surface area (Å²) in [5, 5.41) is 10.6. The maximum absolute atomic E-state index is 5.73. The maximum atomic E-state index is 5.73. The van der Waals surface area contributed by atoms with Gasteiger partial charge >= 0.3 is 0 Å². The molecule has 0 radical (unpaired) electrons. The van der Waals surface area contributed by atoms with E-state index in [4.69, 9.17) is 9.47 Å². The summed E-state index contributed by atoms with van der Waals surface area (Å²) in [5.74, 6) is 1.09. The molecule has 2 N–H and O–H groups in total. The molecule has 0 spiro atoms. The molecule has 3 rings (SSSR count). The van der Waals surface area contributed by atoms with Crippen LogP contribution >= 0.6 is 0 Å². The van der Waals surface area contributed by atoms with Gasteiger partial charge in [0, 0.05) is 6.54 Å². The lowest BCUT2D eigenvalue weighted by Gasteiger charge is -2.26. The molecule has 0 amide bonds. The Balaban J connectivity index is 1.96. The van der Waals surface area contributed by atoms with E-state index in [0.29, 0.717) is 30.7 Å². The average molecular weight is 235 g/mol. The Hall–Kier alpha value is -1.89. The normalized spacial score (nSPS) is 15.8. The van der Waals surface area contributed by atoms with Gasteiger partial charge in [-0.25, -0.2) is 0 Å². The maximum Gasteiger partial charge on any atom is 0.230 e. The second kappa shape index (κ2) is 4.17. The lowest BCUT2D eigenvalue weighted by Crippen LogP contribution is -2.38. The third kappa shape index (κ3) is 1.89. The van der Waals surface area contributed by atoms with Crippen LogP contribution in [0, 0.1) is 0 Å². The standard InChI is InChI=1S/C10H13N5O2/c1-2-11-10-13-8-7(3-12-15-8)9(14-10)17-6-4-16-5-6/h3,6H,2,4-5H2,1H3,(H2,11,12,13,14,15). The van der Waals surface area contributed by atoms with Crippen molar-refractivity contribution in [3.8, 4) is 5.88 Å². The van der Waals surface area contributed by atoms with Crippen molar-refractivity contribution < 1.29 is 9.47 Å². The van der Waals surface area contributed by atoms with E-state index in [1.54, 1.807) is 6.20 Å². The number of rotatable bonds is 4. The van der Waals surface area contributed by atoms with Gasteiger partial charge in [-0.3, -0.25) is 5.10 Å². The van der Waals surface area contributed by atoms with Gasteiger partial charge in [-0.15, -0.1) is 0 Å². The van der Waals surface area contributed by atoms with E-state index in [9.17, 15) is 0 Å². The number of H-pyrrole nitrogens is 1. The fourth-order valence-corrected chi connectivity index (χ4v) is 1.58. The molecule has 0 aromatic carbocycles. The molecular weight excluding hydrogens is 222 g/mol. The van der Waals surface area contributed by atoms with Crippen molar-refractivity contribution in [3.05, 3.63) is 6.20 Å². The summed E-state index contributed by atoms with van der Waals surface area (Å²) in [5.41, 5.74) is 0.672. The Morgan fingerprint density at radius 3 is 3.12 bits per heavy atom. The molecule has 0 unspecified atom stereocenters. The molecule has 1 aliphatic rings. The molecule has 0 aliphatic carbocycles. The number of ether oxygens (including phenoxy) is 2. The number of fused-ring (bicyclic) bond motifs is 1. The third-order valence-electron chi connectivity index (χ3n) is 2.50. The molecule has 2 aromatic heterocycles. The molecule has 3 heterocycles. The summed E-state index contributed by atoms with van der Waals surface area (Å²) >= 11 is 0. The van der Waals surface area contributed by atoms with Crippen LogP contribution in [-0.4, -0.2) is 46.0 Å². The van der Waals surface area contributed by atoms with Crippen molar-refractivity contribution >= 4 is 17.0 Å². The summed E-state index contributed by atoms with van der Waals surface area (Å²) < 4.78 is 10.8. The van der Waals surface area contributed by atoms with E-state index in [0.717, 1.165) is 11.9 Å². The van der Waals surface area contributed by atoms with Gasteiger partial charge in [0.1, 0.15) is 11.5 Å². The highest BCUT2D eigenvalue weighted by Gasteiger charge is 2.22. The number of hydrogen-bond donors (Lipinski definition) is 2. The first kappa shape index (κ1) is 10.3. The van der Waals surface area contributed by atoms with Crippen molar-refractivity contribution in [3.63, 3.8) is 0 Å². The van der Waals surface area contributed by atoms with Crippen molar-refractivity contribution in [2.75, 3.05) is 25.1 Å². The highest BCUT2D eigenvalue weighted by molar-refractivity contribution is 5.80. The largest absolute Gasteiger partial charge is 0.469 e. The van der Waals surface area contributed by atoms with Crippen LogP contribution in [0.15, 0.2) is 6.20 Å². The van der Waals surface area contributed by atoms with Gasteiger partial charge in [0.15, 0.2) is 5.65 Å². The van der Waals surface area contributed by atoms with E-state index < -0.39 is 0 Å². The summed E-state index contributed by atoms with van der Waals surface area (Å²) in [6.07, 6.45) is 1.75. The van der Waals surface area contributed by atoms with Crippen LogP contribution in [0.5, 0.6) is 5.88 Å². The van der Waals surface area contributed by atoms with Gasteiger partial charge in [-0.2, -0.15) is 15.1 Å². The summed E-state index contributed by atoms with van der Waals surface area (Å²) in [7, 11) is 0. The van der Waals surface area contributed by atoms with E-state index in [1.165, 1.54) is 0 Å². The Labute approximate surface area is 97.5 Å². The van der Waals surface area contributed by atoms with Crippen LogP contribution in [0.25, 0.3) is 11.0 Å². The quantitative estimate of drug-likeness (QED) is 0.805. The summed E-state index contributed by atoms with van der Waals surface area (Å²) in [6.45, 7) is 3.96. The van der Waals surface area contributed by atoms with Gasteiger partial charge in [-0.05, 0) is 6.92 Å². The second-order valence-electron chi connectivity index (χ2n) is 3.79. The van der Waals surface area contributed by atoms with Gasteiger partial charge in [-0.1, -0.05) is 0 Å². The van der Waals surface area contributed by atoms with Gasteiger partial charge in [0.05, 0.1) is 19.4 Å². The van der Waals surface area contributed by atoms with Crippen LogP contribution in [0.4, 0.5) is 5.95 Å². The molecule has 0 atom stereocenters. The molecule has 7 heteroatoms. The minimum Gasteiger partial charge on any atom is -0.469 e. The van der Waals surface area contributed by atoms with Crippen molar-refractivity contribution in [1.82, 2.24) is 20.2 Å². The SMILES string of the molecule is CCNc1nc(OC2COC2)c2cn[nH]c2n1. The van der Waals surface area contributed by atoms with Crippen molar-refractivity contribution in [2.24, 2.45) is 0 Å². The molecule has 0 saturated carbocycles. The predicted molar refractivity (Wildman–Crippen MR) is 61.1 cm³/mol. The lowest BCUT2D eigenvalue weighted by atomic mass is 10.3. The number of aromatic amines is 1. The lowest BCUT2D eigenvalue weighted by molar-refractivity contribution is -0.0806. The molecule has 90 valence electrons. The van der Waals surface area contributed by atoms with Gasteiger partial charge in [0.2, 0.25) is 11.8 Å². The van der Waals surface area contributed by atoms with E-state index >= 15 is 0 Å². The molecule has 1 aliphatic heterocycles. The van der Waals surface area contributed by atoms with Crippen LogP contribution in [0.3, 0.4) is 0 Å². The van der Waals surface area contributed by atoms with Crippen molar-refractivity contribution in [2.45, 2.75) is 13.0 Å². The number of anilines is 1. The zero-order valence-corrected chi connectivity index (χ0v) is 9.43. The number of nitrogens with zero attached hydrogens (tertiary/aromatic N) is 3. The first-order chi connectivity index (χ1) is 8.36. The zero-order chi connectivity index (χ0) is 11.7. The Kier molecular flexibility index (Phi) is 2.52. The Bertz CT molecular complexity index is 522. The fraction of sp³-hybridized carbons (Fsp3) is 0.500. The first-order valence-electron chi connectivity index (χ1n) is 5.56. The Morgan fingerprint density at radius 1 is 1.53 bits per heavy atom. The predicted octanol–water partition coefficient (Wildman–Crippen LogP) is 0.562.